The molecule has 3 heteroatoms. The number of para-hydroxylation sites is 1. The summed E-state index contributed by atoms with van der Waals surface area (Å²) >= 11 is 0. The summed E-state index contributed by atoms with van der Waals surface area (Å²) in [6.45, 7) is 0.760. The van der Waals surface area contributed by atoms with Crippen LogP contribution in [0.4, 0.5) is 0 Å². The fourth-order valence-electron chi connectivity index (χ4n) is 1.67. The third kappa shape index (κ3) is 2.14. The number of hydrogen-bond donors (Lipinski definition) is 0. The molecule has 16 heavy (non-hydrogen) atoms. The number of carbonyl (C=O) groups is 1. The second-order valence-corrected chi connectivity index (χ2v) is 4.12. The number of rotatable bonds is 4. The van der Waals surface area contributed by atoms with Gasteiger partial charge < -0.3 is 9.32 Å². The Morgan fingerprint density at radius 1 is 1.31 bits per heavy atom. The molecule has 84 valence electrons. The van der Waals surface area contributed by atoms with Gasteiger partial charge in [0.25, 0.3) is 0 Å². The molecular weight excluding hydrogens is 202 g/mol. The Balaban J connectivity index is 2.25. The Hall–Kier alpha value is -1.61. The predicted octanol–water partition coefficient (Wildman–Crippen LogP) is 2.57. The molecule has 0 atom stereocenters. The van der Waals surface area contributed by atoms with Crippen molar-refractivity contribution in [1.82, 2.24) is 4.90 Å². The molecule has 0 unspecified atom stereocenters. The summed E-state index contributed by atoms with van der Waals surface area (Å²) in [6, 6.07) is 7.53. The van der Waals surface area contributed by atoms with Gasteiger partial charge in [-0.05, 0) is 26.2 Å². The molecule has 0 saturated heterocycles. The molecular formula is C13H15NO2. The zero-order valence-corrected chi connectivity index (χ0v) is 9.56. The maximum Gasteiger partial charge on any atom is 0.167 e. The molecule has 3 nitrogen and oxygen atoms in total. The standard InChI is InChI=1S/C13H15NO2/c1-14(2)8-6-12(15)11-5-3-4-10-7-9-16-13(10)11/h3-5,7,9H,6,8H2,1-2H3. The SMILES string of the molecule is CN(C)CCC(=O)c1cccc2ccoc12. The zero-order valence-electron chi connectivity index (χ0n) is 9.56. The molecule has 0 saturated carbocycles. The molecule has 2 rings (SSSR count). The highest BCUT2D eigenvalue weighted by Crippen LogP contribution is 2.20. The molecule has 0 aliphatic heterocycles. The molecule has 1 aromatic heterocycles. The second kappa shape index (κ2) is 4.49. The molecule has 2 aromatic rings. The molecule has 0 fully saturated rings. The fourth-order valence-corrected chi connectivity index (χ4v) is 1.67. The van der Waals surface area contributed by atoms with Crippen molar-refractivity contribution in [3.05, 3.63) is 36.1 Å². The van der Waals surface area contributed by atoms with Crippen molar-refractivity contribution in [2.75, 3.05) is 20.6 Å². The van der Waals surface area contributed by atoms with Crippen molar-refractivity contribution in [1.29, 1.82) is 0 Å². The predicted molar refractivity (Wildman–Crippen MR) is 63.7 cm³/mol. The molecule has 0 N–H and O–H groups in total. The minimum atomic E-state index is 0.134. The Kier molecular flexibility index (Phi) is 3.06. The van der Waals surface area contributed by atoms with Crippen LogP contribution in [0.25, 0.3) is 11.0 Å². The van der Waals surface area contributed by atoms with Gasteiger partial charge in [-0.25, -0.2) is 0 Å². The molecule has 0 aliphatic carbocycles. The number of carbonyl (C=O) groups excluding carboxylic acids is 1. The van der Waals surface area contributed by atoms with E-state index in [0.29, 0.717) is 17.6 Å². The molecule has 0 radical (unpaired) electrons. The number of fused-ring (bicyclic) bond motifs is 1. The lowest BCUT2D eigenvalue weighted by atomic mass is 10.1. The summed E-state index contributed by atoms with van der Waals surface area (Å²) in [6.07, 6.45) is 2.14. The zero-order chi connectivity index (χ0) is 11.5. The lowest BCUT2D eigenvalue weighted by Crippen LogP contribution is -2.16. The van der Waals surface area contributed by atoms with Crippen LogP contribution >= 0.6 is 0 Å². The Morgan fingerprint density at radius 2 is 2.12 bits per heavy atom. The quantitative estimate of drug-likeness (QED) is 0.738. The average Bonchev–Trinajstić information content (AvgIpc) is 2.73. The van der Waals surface area contributed by atoms with Gasteiger partial charge in [-0.2, -0.15) is 0 Å². The molecule has 0 spiro atoms. The van der Waals surface area contributed by atoms with Gasteiger partial charge in [0.15, 0.2) is 5.78 Å². The van der Waals surface area contributed by atoms with Crippen LogP contribution in [0.5, 0.6) is 0 Å². The van der Waals surface area contributed by atoms with Gasteiger partial charge in [0.05, 0.1) is 11.8 Å². The smallest absolute Gasteiger partial charge is 0.167 e. The van der Waals surface area contributed by atoms with Crippen LogP contribution in [0.3, 0.4) is 0 Å². The monoisotopic (exact) mass is 217 g/mol. The minimum absolute atomic E-state index is 0.134. The van der Waals surface area contributed by atoms with Gasteiger partial charge in [0.1, 0.15) is 5.58 Å². The van der Waals surface area contributed by atoms with E-state index in [-0.39, 0.29) is 5.78 Å². The van der Waals surface area contributed by atoms with Gasteiger partial charge >= 0.3 is 0 Å². The van der Waals surface area contributed by atoms with E-state index in [1.807, 2.05) is 43.3 Å². The van der Waals surface area contributed by atoms with Crippen LogP contribution in [0.15, 0.2) is 34.9 Å². The third-order valence-corrected chi connectivity index (χ3v) is 2.57. The van der Waals surface area contributed by atoms with E-state index in [2.05, 4.69) is 0 Å². The van der Waals surface area contributed by atoms with Crippen molar-refractivity contribution >= 4 is 16.8 Å². The van der Waals surface area contributed by atoms with Crippen molar-refractivity contribution in [2.45, 2.75) is 6.42 Å². The van der Waals surface area contributed by atoms with Gasteiger partial charge in [0.2, 0.25) is 0 Å². The number of furan rings is 1. The largest absolute Gasteiger partial charge is 0.464 e. The second-order valence-electron chi connectivity index (χ2n) is 4.12. The summed E-state index contributed by atoms with van der Waals surface area (Å²) in [5.74, 6) is 0.134. The van der Waals surface area contributed by atoms with E-state index >= 15 is 0 Å². The van der Waals surface area contributed by atoms with E-state index in [1.54, 1.807) is 6.26 Å². The van der Waals surface area contributed by atoms with Gasteiger partial charge in [-0.15, -0.1) is 0 Å². The van der Waals surface area contributed by atoms with Gasteiger partial charge in [0, 0.05) is 18.4 Å². The number of Topliss-reactive ketones (excluding diaryl/α,β-unsaturated/α-hetero) is 1. The summed E-state index contributed by atoms with van der Waals surface area (Å²) in [5.41, 5.74) is 1.38. The number of ketones is 1. The van der Waals surface area contributed by atoms with E-state index in [1.165, 1.54) is 0 Å². The van der Waals surface area contributed by atoms with Crippen LogP contribution in [0.2, 0.25) is 0 Å². The summed E-state index contributed by atoms with van der Waals surface area (Å²) in [7, 11) is 3.92. The first kappa shape index (κ1) is 10.9. The summed E-state index contributed by atoms with van der Waals surface area (Å²) < 4.78 is 5.34. The Labute approximate surface area is 94.7 Å². The molecule has 0 bridgehead atoms. The summed E-state index contributed by atoms with van der Waals surface area (Å²) in [5, 5.41) is 0.982. The van der Waals surface area contributed by atoms with Crippen molar-refractivity contribution in [3.63, 3.8) is 0 Å². The maximum absolute atomic E-state index is 12.0. The first-order chi connectivity index (χ1) is 7.68. The van der Waals surface area contributed by atoms with Crippen LogP contribution < -0.4 is 0 Å². The lowest BCUT2D eigenvalue weighted by molar-refractivity contribution is 0.0973. The maximum atomic E-state index is 12.0. The van der Waals surface area contributed by atoms with E-state index in [4.69, 9.17) is 4.42 Å². The fraction of sp³-hybridized carbons (Fsp3) is 0.308. The van der Waals surface area contributed by atoms with E-state index in [0.717, 1.165) is 11.9 Å². The molecule has 0 amide bonds. The highest BCUT2D eigenvalue weighted by atomic mass is 16.3. The highest BCUT2D eigenvalue weighted by molar-refractivity contribution is 6.06. The Bertz CT molecular complexity index is 499. The van der Waals surface area contributed by atoms with Crippen LogP contribution in [0.1, 0.15) is 16.8 Å². The molecule has 1 aromatic carbocycles. The van der Waals surface area contributed by atoms with Crippen LogP contribution in [0, 0.1) is 0 Å². The van der Waals surface area contributed by atoms with E-state index in [9.17, 15) is 4.79 Å². The van der Waals surface area contributed by atoms with Crippen molar-refractivity contribution in [3.8, 4) is 0 Å². The van der Waals surface area contributed by atoms with E-state index < -0.39 is 0 Å². The van der Waals surface area contributed by atoms with Crippen molar-refractivity contribution in [2.24, 2.45) is 0 Å². The van der Waals surface area contributed by atoms with Crippen LogP contribution in [-0.4, -0.2) is 31.3 Å². The Morgan fingerprint density at radius 3 is 2.88 bits per heavy atom. The number of hydrogen-bond acceptors (Lipinski definition) is 3. The first-order valence-corrected chi connectivity index (χ1v) is 5.32. The minimum Gasteiger partial charge on any atom is -0.464 e. The molecule has 1 heterocycles. The van der Waals surface area contributed by atoms with Gasteiger partial charge in [-0.3, -0.25) is 4.79 Å². The van der Waals surface area contributed by atoms with Crippen molar-refractivity contribution < 1.29 is 9.21 Å². The normalized spacial score (nSPS) is 11.2. The number of benzene rings is 1. The highest BCUT2D eigenvalue weighted by Gasteiger charge is 2.12. The van der Waals surface area contributed by atoms with Crippen LogP contribution in [-0.2, 0) is 0 Å². The summed E-state index contributed by atoms with van der Waals surface area (Å²) in [4.78, 5) is 14.0. The molecule has 0 aliphatic rings. The first-order valence-electron chi connectivity index (χ1n) is 5.32. The number of nitrogens with zero attached hydrogens (tertiary/aromatic N) is 1. The topological polar surface area (TPSA) is 33.5 Å². The lowest BCUT2D eigenvalue weighted by Gasteiger charge is -2.08. The van der Waals surface area contributed by atoms with Gasteiger partial charge in [-0.1, -0.05) is 12.1 Å². The average molecular weight is 217 g/mol. The third-order valence-electron chi connectivity index (χ3n) is 2.57.